The summed E-state index contributed by atoms with van der Waals surface area (Å²) in [5.74, 6) is -0.551. The number of amides is 3. The van der Waals surface area contributed by atoms with Crippen LogP contribution < -0.4 is 4.90 Å². The first kappa shape index (κ1) is 22.0. The monoisotopic (exact) mass is 438 g/mol. The zero-order chi connectivity index (χ0) is 24.5. The predicted molar refractivity (Wildman–Crippen MR) is 127 cm³/mol. The highest BCUT2D eigenvalue weighted by Gasteiger charge is 2.38. The molecule has 2 aromatic rings. The molecule has 0 spiro atoms. The van der Waals surface area contributed by atoms with Crippen LogP contribution in [0.15, 0.2) is 30.3 Å². The van der Waals surface area contributed by atoms with E-state index >= 15 is 0 Å². The average Bonchev–Trinajstić information content (AvgIpc) is 3.25. The van der Waals surface area contributed by atoms with E-state index in [-0.39, 0.29) is 18.6 Å². The number of carbonyl (C=O) groups excluding carboxylic acids is 3. The number of H-pyrrole nitrogens is 1. The molecule has 0 radical (unpaired) electrons. The van der Waals surface area contributed by atoms with Gasteiger partial charge in [0.1, 0.15) is 5.78 Å². The second-order valence-corrected chi connectivity index (χ2v) is 8.87. The van der Waals surface area contributed by atoms with Gasteiger partial charge in [0.25, 0.3) is 5.91 Å². The zero-order valence-corrected chi connectivity index (χ0v) is 19.7. The number of nitrogens with one attached hydrogen (secondary N) is 1. The Morgan fingerprint density at radius 3 is 2.50 bits per heavy atom. The van der Waals surface area contributed by atoms with E-state index in [1.807, 2.05) is 43.0 Å². The predicted octanol–water partition coefficient (Wildman–Crippen LogP) is 3.87. The Hall–Kier alpha value is -3.19. The van der Waals surface area contributed by atoms with E-state index in [0.717, 1.165) is 22.5 Å². The number of imide groups is 1. The van der Waals surface area contributed by atoms with Crippen molar-refractivity contribution < 1.29 is 15.8 Å². The highest BCUT2D eigenvalue weighted by Crippen LogP contribution is 2.38. The number of hydrogen-bond acceptors (Lipinski definition) is 4. The van der Waals surface area contributed by atoms with Crippen molar-refractivity contribution in [1.82, 2.24) is 14.8 Å². The van der Waals surface area contributed by atoms with Gasteiger partial charge in [0.05, 0.1) is 16.8 Å². The second kappa shape index (κ2) is 8.74. The van der Waals surface area contributed by atoms with Crippen molar-refractivity contribution in [2.75, 3.05) is 32.1 Å². The highest BCUT2D eigenvalue weighted by molar-refractivity contribution is 6.41. The standard InChI is InChI=1S/C25H32N4O3/c1-16-14-17(2)26-21(16)15-20-19-10-8-9-11-22(19)29(23(20)31)24(32)27(6)12-13-28(7)25(4,5)18(3)30/h8-11,14-15,26H,12-13H2,1-7H3/b20-15-/i3T. The van der Waals surface area contributed by atoms with Crippen molar-refractivity contribution in [3.63, 3.8) is 0 Å². The summed E-state index contributed by atoms with van der Waals surface area (Å²) in [6, 6.07) is 8.87. The van der Waals surface area contributed by atoms with Crippen molar-refractivity contribution in [2.24, 2.45) is 0 Å². The van der Waals surface area contributed by atoms with Crippen molar-refractivity contribution in [2.45, 2.75) is 40.1 Å². The number of carbonyl (C=O) groups is 3. The van der Waals surface area contributed by atoms with Gasteiger partial charge in [0.15, 0.2) is 0 Å². The lowest BCUT2D eigenvalue weighted by Gasteiger charge is -2.34. The van der Waals surface area contributed by atoms with Gasteiger partial charge in [-0.3, -0.25) is 14.5 Å². The van der Waals surface area contributed by atoms with E-state index in [1.54, 1.807) is 40.1 Å². The number of rotatable bonds is 6. The molecule has 2 heterocycles. The molecule has 0 bridgehead atoms. The van der Waals surface area contributed by atoms with Gasteiger partial charge < -0.3 is 9.88 Å². The maximum Gasteiger partial charge on any atom is 0.331 e. The number of aromatic nitrogens is 1. The minimum atomic E-state index is -0.802. The van der Waals surface area contributed by atoms with Crippen LogP contribution in [-0.2, 0) is 9.59 Å². The van der Waals surface area contributed by atoms with Gasteiger partial charge in [-0.1, -0.05) is 18.2 Å². The van der Waals surface area contributed by atoms with Crippen LogP contribution in [0.2, 0.25) is 0 Å². The minimum absolute atomic E-state index is 0.188. The first-order chi connectivity index (χ1) is 15.5. The van der Waals surface area contributed by atoms with Gasteiger partial charge >= 0.3 is 6.03 Å². The first-order valence-electron chi connectivity index (χ1n) is 11.3. The van der Waals surface area contributed by atoms with Gasteiger partial charge in [-0.25, -0.2) is 9.69 Å². The van der Waals surface area contributed by atoms with Gasteiger partial charge in [0.2, 0.25) is 0 Å². The van der Waals surface area contributed by atoms with Crippen LogP contribution in [0.1, 0.15) is 44.6 Å². The largest absolute Gasteiger partial charge is 0.359 e. The number of Topliss-reactive ketones (excluding diaryl/α,β-unsaturated/α-hetero) is 1. The molecule has 0 saturated heterocycles. The molecule has 1 aliphatic heterocycles. The highest BCUT2D eigenvalue weighted by atomic mass is 16.2. The van der Waals surface area contributed by atoms with Crippen LogP contribution in [-0.4, -0.2) is 65.2 Å². The molecule has 1 aromatic heterocycles. The maximum atomic E-state index is 13.4. The van der Waals surface area contributed by atoms with Gasteiger partial charge in [-0.2, -0.15) is 0 Å². The average molecular weight is 439 g/mol. The lowest BCUT2D eigenvalue weighted by molar-refractivity contribution is -0.126. The third kappa shape index (κ3) is 4.25. The van der Waals surface area contributed by atoms with E-state index in [2.05, 4.69) is 4.98 Å². The van der Waals surface area contributed by atoms with E-state index in [4.69, 9.17) is 1.37 Å². The summed E-state index contributed by atoms with van der Waals surface area (Å²) >= 11 is 0. The Morgan fingerprint density at radius 2 is 1.88 bits per heavy atom. The van der Waals surface area contributed by atoms with Crippen molar-refractivity contribution in [1.29, 1.82) is 0 Å². The molecule has 0 aliphatic carbocycles. The third-order valence-corrected chi connectivity index (χ3v) is 6.27. The van der Waals surface area contributed by atoms with Crippen LogP contribution in [0.25, 0.3) is 11.6 Å². The second-order valence-electron chi connectivity index (χ2n) is 8.87. The molecule has 170 valence electrons. The summed E-state index contributed by atoms with van der Waals surface area (Å²) in [5, 5.41) is 0. The van der Waals surface area contributed by atoms with E-state index in [1.165, 1.54) is 9.80 Å². The number of hydrogen-bond donors (Lipinski definition) is 1. The molecule has 3 amide bonds. The number of urea groups is 1. The quantitative estimate of drug-likeness (QED) is 0.695. The van der Waals surface area contributed by atoms with E-state index in [9.17, 15) is 14.4 Å². The summed E-state index contributed by atoms with van der Waals surface area (Å²) in [7, 11) is 3.44. The molecule has 3 rings (SSSR count). The molecule has 32 heavy (non-hydrogen) atoms. The molecule has 0 saturated carbocycles. The van der Waals surface area contributed by atoms with Crippen molar-refractivity contribution in [3.8, 4) is 0 Å². The number of aryl methyl sites for hydroxylation is 2. The molecule has 0 unspecified atom stereocenters. The van der Waals surface area contributed by atoms with E-state index in [0.29, 0.717) is 24.4 Å². The summed E-state index contributed by atoms with van der Waals surface area (Å²) in [6.07, 6.45) is 1.81. The van der Waals surface area contributed by atoms with Gasteiger partial charge in [0, 0.05) is 38.5 Å². The Morgan fingerprint density at radius 1 is 1.19 bits per heavy atom. The first-order valence-corrected chi connectivity index (χ1v) is 10.6. The Kier molecular flexibility index (Phi) is 6.02. The lowest BCUT2D eigenvalue weighted by Crippen LogP contribution is -2.51. The molecule has 0 fully saturated rings. The number of fused-ring (bicyclic) bond motifs is 1. The fourth-order valence-electron chi connectivity index (χ4n) is 3.67. The van der Waals surface area contributed by atoms with Gasteiger partial charge in [-0.15, -0.1) is 0 Å². The summed E-state index contributed by atoms with van der Waals surface area (Å²) in [5.41, 5.74) is 3.82. The molecule has 1 aromatic carbocycles. The van der Waals surface area contributed by atoms with E-state index < -0.39 is 11.6 Å². The fourth-order valence-corrected chi connectivity index (χ4v) is 3.67. The Bertz CT molecular complexity index is 1120. The number of anilines is 1. The fraction of sp³-hybridized carbons (Fsp3) is 0.400. The lowest BCUT2D eigenvalue weighted by atomic mass is 9.98. The molecule has 1 aliphatic rings. The van der Waals surface area contributed by atoms with Crippen LogP contribution in [0, 0.1) is 13.8 Å². The molecular formula is C25H32N4O3. The SMILES string of the molecule is [3H]CC(=O)C(C)(C)N(C)CCN(C)C(=O)N1C(=O)/C(=C\c2[nH]c(C)cc2C)c2ccccc21. The molecular weight excluding hydrogens is 404 g/mol. The van der Waals surface area contributed by atoms with Crippen LogP contribution >= 0.6 is 0 Å². The molecule has 7 nitrogen and oxygen atoms in total. The topological polar surface area (TPSA) is 76.7 Å². The number of benzene rings is 1. The summed E-state index contributed by atoms with van der Waals surface area (Å²) in [6.45, 7) is 7.93. The number of para-hydroxylation sites is 1. The Labute approximate surface area is 191 Å². The minimum Gasteiger partial charge on any atom is -0.359 e. The van der Waals surface area contributed by atoms with Crippen LogP contribution in [0.5, 0.6) is 0 Å². The Balaban J connectivity index is 1.83. The number of nitrogens with zero attached hydrogens (tertiary/aromatic N) is 3. The number of ketones is 1. The number of likely N-dealkylation sites (N-methyl/N-ethyl adjacent to an activating group) is 2. The zero-order valence-electron chi connectivity index (χ0n) is 20.7. The van der Waals surface area contributed by atoms with Crippen molar-refractivity contribution >= 4 is 35.1 Å². The summed E-state index contributed by atoms with van der Waals surface area (Å²) in [4.78, 5) is 46.6. The molecule has 1 N–H and O–H groups in total. The van der Waals surface area contributed by atoms with Crippen molar-refractivity contribution in [3.05, 3.63) is 52.8 Å². The molecule has 0 atom stereocenters. The van der Waals surface area contributed by atoms with Gasteiger partial charge in [-0.05, 0) is 65.4 Å². The normalized spacial score (nSPS) is 15.3. The smallest absolute Gasteiger partial charge is 0.331 e. The molecule has 7 heteroatoms. The summed E-state index contributed by atoms with van der Waals surface area (Å²) < 4.78 is 7.37. The van der Waals surface area contributed by atoms with Crippen LogP contribution in [0.3, 0.4) is 0 Å². The number of aromatic amines is 1. The van der Waals surface area contributed by atoms with Crippen LogP contribution in [0.4, 0.5) is 10.5 Å². The third-order valence-electron chi connectivity index (χ3n) is 6.27. The maximum absolute atomic E-state index is 13.4.